The number of carbonyl (C=O) groups is 1. The van der Waals surface area contributed by atoms with Crippen molar-refractivity contribution in [1.29, 1.82) is 0 Å². The number of carboxylic acid groups (broad SMARTS) is 1. The van der Waals surface area contributed by atoms with Gasteiger partial charge in [-0.05, 0) is 42.4 Å². The lowest BCUT2D eigenvalue weighted by molar-refractivity contribution is -0.139. The number of hydrogen-bond acceptors (Lipinski definition) is 4. The van der Waals surface area contributed by atoms with Gasteiger partial charge in [-0.1, -0.05) is 62.6 Å². The zero-order valence-corrected chi connectivity index (χ0v) is 18.7. The highest BCUT2D eigenvalue weighted by atomic mass is 32.1. The van der Waals surface area contributed by atoms with Crippen LogP contribution in [0.1, 0.15) is 55.9 Å². The molecular formula is C23H30NO3PS. The minimum atomic E-state index is -0.839. The lowest BCUT2D eigenvalue weighted by Gasteiger charge is -2.17. The molecule has 1 fully saturated rings. The van der Waals surface area contributed by atoms with Crippen molar-refractivity contribution in [3.05, 3.63) is 46.8 Å². The second kappa shape index (κ2) is 11.0. The second-order valence-electron chi connectivity index (χ2n) is 7.62. The van der Waals surface area contributed by atoms with Crippen LogP contribution in [0.15, 0.2) is 36.4 Å². The van der Waals surface area contributed by atoms with Crippen molar-refractivity contribution in [2.45, 2.75) is 58.0 Å². The first-order valence-corrected chi connectivity index (χ1v) is 12.1. The summed E-state index contributed by atoms with van der Waals surface area (Å²) in [5.41, 5.74) is 2.34. The normalized spacial score (nSPS) is 16.8. The molecule has 0 bridgehead atoms. The zero-order chi connectivity index (χ0) is 20.6. The fourth-order valence-corrected chi connectivity index (χ4v) is 5.59. The van der Waals surface area contributed by atoms with E-state index in [2.05, 4.69) is 41.7 Å². The van der Waals surface area contributed by atoms with Crippen LogP contribution in [0, 0.1) is 5.92 Å². The van der Waals surface area contributed by atoms with Crippen molar-refractivity contribution in [2.75, 3.05) is 0 Å². The molecule has 2 atom stereocenters. The first kappa shape index (κ1) is 22.2. The maximum absolute atomic E-state index is 11.2. The van der Waals surface area contributed by atoms with Crippen LogP contribution < -0.4 is 10.6 Å². The Morgan fingerprint density at radius 2 is 2.00 bits per heavy atom. The average molecular weight is 432 g/mol. The molecule has 2 aromatic rings. The van der Waals surface area contributed by atoms with E-state index in [1.807, 2.05) is 13.0 Å². The summed E-state index contributed by atoms with van der Waals surface area (Å²) in [5, 5.41) is 13.2. The molecule has 1 aromatic carbocycles. The van der Waals surface area contributed by atoms with Crippen molar-refractivity contribution in [2.24, 2.45) is 5.92 Å². The van der Waals surface area contributed by atoms with Gasteiger partial charge in [-0.15, -0.1) is 11.3 Å². The van der Waals surface area contributed by atoms with Gasteiger partial charge in [0.1, 0.15) is 6.04 Å². The van der Waals surface area contributed by atoms with Crippen LogP contribution >= 0.6 is 20.1 Å². The third-order valence-electron chi connectivity index (χ3n) is 5.55. The van der Waals surface area contributed by atoms with Crippen molar-refractivity contribution in [3.8, 4) is 10.4 Å². The summed E-state index contributed by atoms with van der Waals surface area (Å²) in [6.07, 6.45) is 11.8. The number of benzene rings is 1. The van der Waals surface area contributed by atoms with Crippen molar-refractivity contribution in [1.82, 2.24) is 5.32 Å². The molecule has 0 saturated heterocycles. The highest BCUT2D eigenvalue weighted by Gasteiger charge is 2.16. The molecule has 1 aliphatic carbocycles. The fourth-order valence-electron chi connectivity index (χ4n) is 3.75. The smallest absolute Gasteiger partial charge is 0.320 e. The summed E-state index contributed by atoms with van der Waals surface area (Å²) in [5.74, 6) is -0.115. The molecule has 1 saturated carbocycles. The maximum Gasteiger partial charge on any atom is 0.320 e. The Bertz CT molecular complexity index is 825. The SMILES string of the molecule is CCC(NCc1sc(-c2ccc(/C=C/C3CCCCC3)cc2)cc1PO)C(=O)O. The Balaban J connectivity index is 1.67. The van der Waals surface area contributed by atoms with Crippen LogP contribution in [0.25, 0.3) is 16.5 Å². The van der Waals surface area contributed by atoms with E-state index in [0.29, 0.717) is 13.0 Å². The highest BCUT2D eigenvalue weighted by Crippen LogP contribution is 2.31. The van der Waals surface area contributed by atoms with Gasteiger partial charge in [0.15, 0.2) is 0 Å². The van der Waals surface area contributed by atoms with Gasteiger partial charge in [0, 0.05) is 30.4 Å². The summed E-state index contributed by atoms with van der Waals surface area (Å²) in [6, 6.07) is 10.00. The predicted octanol–water partition coefficient (Wildman–Crippen LogP) is 5.17. The van der Waals surface area contributed by atoms with Gasteiger partial charge in [0.05, 0.1) is 0 Å². The molecule has 1 heterocycles. The van der Waals surface area contributed by atoms with Gasteiger partial charge >= 0.3 is 5.97 Å². The minimum Gasteiger partial charge on any atom is -0.480 e. The van der Waals surface area contributed by atoms with Crippen LogP contribution in [0.2, 0.25) is 0 Å². The molecule has 2 unspecified atom stereocenters. The molecule has 4 nitrogen and oxygen atoms in total. The summed E-state index contributed by atoms with van der Waals surface area (Å²) >= 11 is 1.62. The first-order valence-electron chi connectivity index (χ1n) is 10.4. The topological polar surface area (TPSA) is 69.6 Å². The van der Waals surface area contributed by atoms with Crippen LogP contribution in [-0.4, -0.2) is 22.0 Å². The lowest BCUT2D eigenvalue weighted by Crippen LogP contribution is -2.35. The average Bonchev–Trinajstić information content (AvgIpc) is 3.17. The summed E-state index contributed by atoms with van der Waals surface area (Å²) < 4.78 is 0. The Kier molecular flexibility index (Phi) is 8.43. The monoisotopic (exact) mass is 431 g/mol. The molecule has 0 spiro atoms. The first-order chi connectivity index (χ1) is 14.1. The van der Waals surface area contributed by atoms with Crippen molar-refractivity contribution >= 4 is 37.5 Å². The van der Waals surface area contributed by atoms with E-state index < -0.39 is 12.0 Å². The van der Waals surface area contributed by atoms with E-state index in [1.54, 1.807) is 11.3 Å². The summed E-state index contributed by atoms with van der Waals surface area (Å²) in [4.78, 5) is 23.0. The van der Waals surface area contributed by atoms with Gasteiger partial charge < -0.3 is 10.00 Å². The summed E-state index contributed by atoms with van der Waals surface area (Å²) in [7, 11) is -0.295. The van der Waals surface area contributed by atoms with Gasteiger partial charge in [-0.2, -0.15) is 0 Å². The number of thiophene rings is 1. The zero-order valence-electron chi connectivity index (χ0n) is 16.9. The van der Waals surface area contributed by atoms with E-state index in [9.17, 15) is 14.8 Å². The third-order valence-corrected chi connectivity index (χ3v) is 7.60. The molecular weight excluding hydrogens is 401 g/mol. The lowest BCUT2D eigenvalue weighted by atomic mass is 9.89. The number of hydrogen-bond donors (Lipinski definition) is 3. The van der Waals surface area contributed by atoms with E-state index in [-0.39, 0.29) is 8.81 Å². The van der Waals surface area contributed by atoms with E-state index in [4.69, 9.17) is 0 Å². The Morgan fingerprint density at radius 3 is 2.62 bits per heavy atom. The Morgan fingerprint density at radius 1 is 1.28 bits per heavy atom. The van der Waals surface area contributed by atoms with Crippen molar-refractivity contribution < 1.29 is 14.8 Å². The van der Waals surface area contributed by atoms with Crippen LogP contribution in [0.5, 0.6) is 0 Å². The number of rotatable bonds is 9. The second-order valence-corrected chi connectivity index (χ2v) is 9.52. The minimum absolute atomic E-state index is 0.295. The molecule has 3 N–H and O–H groups in total. The molecule has 6 heteroatoms. The Labute approximate surface area is 178 Å². The van der Waals surface area contributed by atoms with Gasteiger partial charge in [-0.25, -0.2) is 0 Å². The molecule has 0 aliphatic heterocycles. The van der Waals surface area contributed by atoms with Gasteiger partial charge in [-0.3, -0.25) is 10.1 Å². The van der Waals surface area contributed by atoms with Gasteiger partial charge in [0.2, 0.25) is 0 Å². The standard InChI is InChI=1S/C23H30NO3PS/c1-2-19(23(25)26)24-15-22-20(28-27)14-21(29-22)18-12-10-17(11-13-18)9-8-16-6-4-3-5-7-16/h8-14,16,19,24,27-28H,2-7,15H2,1H3,(H,25,26)/b9-8+. The maximum atomic E-state index is 11.2. The number of nitrogens with one attached hydrogen (secondary N) is 1. The summed E-state index contributed by atoms with van der Waals surface area (Å²) in [6.45, 7) is 2.31. The number of aliphatic carboxylic acids is 1. The number of allylic oxidation sites excluding steroid dienone is 1. The fraction of sp³-hybridized carbons (Fsp3) is 0.435. The van der Waals surface area contributed by atoms with E-state index >= 15 is 0 Å². The highest BCUT2D eigenvalue weighted by molar-refractivity contribution is 7.42. The quantitative estimate of drug-likeness (QED) is 0.479. The van der Waals surface area contributed by atoms with Crippen molar-refractivity contribution in [3.63, 3.8) is 0 Å². The molecule has 0 amide bonds. The predicted molar refractivity (Wildman–Crippen MR) is 124 cm³/mol. The van der Waals surface area contributed by atoms with Crippen LogP contribution in [-0.2, 0) is 11.3 Å². The van der Waals surface area contributed by atoms with Crippen LogP contribution in [0.3, 0.4) is 0 Å². The van der Waals surface area contributed by atoms with Crippen LogP contribution in [0.4, 0.5) is 0 Å². The largest absolute Gasteiger partial charge is 0.480 e. The molecule has 1 aliphatic rings. The number of carboxylic acids is 1. The molecule has 156 valence electrons. The third kappa shape index (κ3) is 6.23. The molecule has 0 radical (unpaired) electrons. The molecule has 1 aromatic heterocycles. The Hall–Kier alpha value is -1.52. The molecule has 3 rings (SSSR count). The molecule has 29 heavy (non-hydrogen) atoms. The van der Waals surface area contributed by atoms with E-state index in [1.165, 1.54) is 37.7 Å². The van der Waals surface area contributed by atoms with Gasteiger partial charge in [0.25, 0.3) is 0 Å². The van der Waals surface area contributed by atoms with E-state index in [0.717, 1.165) is 26.5 Å².